The van der Waals surface area contributed by atoms with Crippen molar-refractivity contribution in [3.63, 3.8) is 0 Å². The molecule has 118 valence electrons. The smallest absolute Gasteiger partial charge is 0.337 e. The number of aromatic carboxylic acids is 1. The van der Waals surface area contributed by atoms with Crippen molar-refractivity contribution in [3.05, 3.63) is 28.8 Å². The molecule has 1 aromatic carbocycles. The number of halogens is 1. The van der Waals surface area contributed by atoms with E-state index in [1.807, 2.05) is 0 Å². The molecule has 0 aromatic heterocycles. The standard InChI is InChI=1S/C12H15ClO6S2/c1-2-20(16,17)6-3-7-21(18,19)9-4-5-10(12(14)15)11(13)8-9/h4-5,8H,2-3,6-7H2,1H3,(H,14,15). The van der Waals surface area contributed by atoms with Crippen LogP contribution in [0.1, 0.15) is 23.7 Å². The Hall–Kier alpha value is -1.12. The van der Waals surface area contributed by atoms with Crippen molar-refractivity contribution in [3.8, 4) is 0 Å². The maximum absolute atomic E-state index is 12.0. The van der Waals surface area contributed by atoms with Gasteiger partial charge >= 0.3 is 5.97 Å². The van der Waals surface area contributed by atoms with Crippen LogP contribution in [0.15, 0.2) is 23.1 Å². The van der Waals surface area contributed by atoms with Crippen molar-refractivity contribution < 1.29 is 26.7 Å². The lowest BCUT2D eigenvalue weighted by Gasteiger charge is -2.06. The van der Waals surface area contributed by atoms with Crippen molar-refractivity contribution in [1.29, 1.82) is 0 Å². The van der Waals surface area contributed by atoms with Gasteiger partial charge < -0.3 is 5.11 Å². The monoisotopic (exact) mass is 354 g/mol. The SMILES string of the molecule is CCS(=O)(=O)CCCS(=O)(=O)c1ccc(C(=O)O)c(Cl)c1. The van der Waals surface area contributed by atoms with Crippen molar-refractivity contribution in [2.24, 2.45) is 0 Å². The molecule has 0 amide bonds. The highest BCUT2D eigenvalue weighted by Crippen LogP contribution is 2.22. The Kier molecular flexibility index (Phi) is 5.77. The molecule has 0 bridgehead atoms. The van der Waals surface area contributed by atoms with E-state index < -0.39 is 25.6 Å². The third-order valence-corrected chi connectivity index (χ3v) is 6.74. The number of carbonyl (C=O) groups is 1. The third-order valence-electron chi connectivity index (χ3n) is 2.84. The van der Waals surface area contributed by atoms with E-state index >= 15 is 0 Å². The molecular weight excluding hydrogens is 340 g/mol. The largest absolute Gasteiger partial charge is 0.478 e. The molecule has 0 aliphatic carbocycles. The molecule has 0 unspecified atom stereocenters. The Labute approximate surface area is 128 Å². The average Bonchev–Trinajstić information content (AvgIpc) is 2.37. The highest BCUT2D eigenvalue weighted by atomic mass is 35.5. The number of carboxylic acids is 1. The summed E-state index contributed by atoms with van der Waals surface area (Å²) in [5, 5.41) is 8.64. The van der Waals surface area contributed by atoms with Crippen molar-refractivity contribution in [2.75, 3.05) is 17.3 Å². The molecule has 21 heavy (non-hydrogen) atoms. The van der Waals surface area contributed by atoms with Gasteiger partial charge in [-0.3, -0.25) is 0 Å². The Morgan fingerprint density at radius 1 is 1.19 bits per heavy atom. The lowest BCUT2D eigenvalue weighted by Crippen LogP contribution is -2.14. The predicted molar refractivity (Wildman–Crippen MR) is 79.4 cm³/mol. The Balaban J connectivity index is 2.89. The van der Waals surface area contributed by atoms with E-state index in [2.05, 4.69) is 0 Å². The first-order valence-electron chi connectivity index (χ1n) is 6.05. The fourth-order valence-corrected chi connectivity index (χ4v) is 4.31. The fraction of sp³-hybridized carbons (Fsp3) is 0.417. The molecule has 0 saturated heterocycles. The number of carboxylic acid groups (broad SMARTS) is 1. The topological polar surface area (TPSA) is 106 Å². The van der Waals surface area contributed by atoms with Crippen LogP contribution in [-0.4, -0.2) is 45.2 Å². The van der Waals surface area contributed by atoms with Gasteiger partial charge in [0.15, 0.2) is 9.84 Å². The van der Waals surface area contributed by atoms with E-state index in [9.17, 15) is 21.6 Å². The quantitative estimate of drug-likeness (QED) is 0.797. The van der Waals surface area contributed by atoms with E-state index in [4.69, 9.17) is 16.7 Å². The van der Waals surface area contributed by atoms with Crippen LogP contribution in [0.2, 0.25) is 5.02 Å². The van der Waals surface area contributed by atoms with Crippen LogP contribution in [0, 0.1) is 0 Å². The number of hydrogen-bond acceptors (Lipinski definition) is 5. The minimum Gasteiger partial charge on any atom is -0.478 e. The zero-order chi connectivity index (χ0) is 16.3. The zero-order valence-corrected chi connectivity index (χ0v) is 13.6. The maximum atomic E-state index is 12.0. The number of sulfone groups is 2. The van der Waals surface area contributed by atoms with Gasteiger partial charge in [0, 0.05) is 5.75 Å². The van der Waals surface area contributed by atoms with Crippen LogP contribution >= 0.6 is 11.6 Å². The van der Waals surface area contributed by atoms with Gasteiger partial charge in [0.2, 0.25) is 0 Å². The summed E-state index contributed by atoms with van der Waals surface area (Å²) in [6, 6.07) is 3.33. The van der Waals surface area contributed by atoms with Crippen LogP contribution in [-0.2, 0) is 19.7 Å². The fourth-order valence-electron chi connectivity index (χ4n) is 1.59. The van der Waals surface area contributed by atoms with Gasteiger partial charge in [0.25, 0.3) is 0 Å². The van der Waals surface area contributed by atoms with Crippen LogP contribution in [0.3, 0.4) is 0 Å². The van der Waals surface area contributed by atoms with E-state index in [1.165, 1.54) is 6.92 Å². The van der Waals surface area contributed by atoms with Gasteiger partial charge in [0.1, 0.15) is 9.84 Å². The van der Waals surface area contributed by atoms with Gasteiger partial charge in [0.05, 0.1) is 27.0 Å². The molecule has 1 rings (SSSR count). The molecule has 0 fully saturated rings. The Bertz CT molecular complexity index is 737. The molecule has 1 N–H and O–H groups in total. The summed E-state index contributed by atoms with van der Waals surface area (Å²) < 4.78 is 46.7. The van der Waals surface area contributed by atoms with Gasteiger partial charge in [-0.2, -0.15) is 0 Å². The molecule has 0 atom stereocenters. The summed E-state index contributed by atoms with van der Waals surface area (Å²) in [5.41, 5.74) is -0.191. The van der Waals surface area contributed by atoms with E-state index in [0.29, 0.717) is 0 Å². The van der Waals surface area contributed by atoms with Gasteiger partial charge in [-0.25, -0.2) is 21.6 Å². The molecule has 1 aromatic rings. The normalized spacial score (nSPS) is 12.3. The molecule has 0 aliphatic rings. The summed E-state index contributed by atoms with van der Waals surface area (Å²) in [6.45, 7) is 1.49. The zero-order valence-electron chi connectivity index (χ0n) is 11.2. The van der Waals surface area contributed by atoms with Gasteiger partial charge in [-0.05, 0) is 24.6 Å². The minimum absolute atomic E-state index is 0.0171. The second kappa shape index (κ2) is 6.76. The number of hydrogen-bond donors (Lipinski definition) is 1. The first kappa shape index (κ1) is 17.9. The van der Waals surface area contributed by atoms with Crippen LogP contribution < -0.4 is 0 Å². The lowest BCUT2D eigenvalue weighted by molar-refractivity contribution is 0.0697. The van der Waals surface area contributed by atoms with Gasteiger partial charge in [-0.15, -0.1) is 0 Å². The molecular formula is C12H15ClO6S2. The van der Waals surface area contributed by atoms with Crippen LogP contribution in [0.4, 0.5) is 0 Å². The molecule has 0 spiro atoms. The van der Waals surface area contributed by atoms with Crippen molar-refractivity contribution >= 4 is 37.2 Å². The second-order valence-corrected chi connectivity index (χ2v) is 9.34. The van der Waals surface area contributed by atoms with Crippen LogP contribution in [0.5, 0.6) is 0 Å². The lowest BCUT2D eigenvalue weighted by atomic mass is 10.2. The third kappa shape index (κ3) is 4.98. The van der Waals surface area contributed by atoms with E-state index in [0.717, 1.165) is 18.2 Å². The summed E-state index contributed by atoms with van der Waals surface area (Å²) in [4.78, 5) is 10.7. The van der Waals surface area contributed by atoms with Gasteiger partial charge in [-0.1, -0.05) is 18.5 Å². The second-order valence-electron chi connectivity index (χ2n) is 4.36. The van der Waals surface area contributed by atoms with Crippen molar-refractivity contribution in [1.82, 2.24) is 0 Å². The summed E-state index contributed by atoms with van der Waals surface area (Å²) in [7, 11) is -6.92. The summed E-state index contributed by atoms with van der Waals surface area (Å²) >= 11 is 5.72. The first-order valence-corrected chi connectivity index (χ1v) is 9.90. The summed E-state index contributed by atoms with van der Waals surface area (Å²) in [5.74, 6) is -1.83. The Morgan fingerprint density at radius 2 is 1.81 bits per heavy atom. The number of benzene rings is 1. The average molecular weight is 355 g/mol. The first-order chi connectivity index (χ1) is 9.59. The minimum atomic E-state index is -3.70. The highest BCUT2D eigenvalue weighted by Gasteiger charge is 2.19. The molecule has 0 saturated carbocycles. The molecule has 9 heteroatoms. The number of rotatable bonds is 7. The molecule has 6 nitrogen and oxygen atoms in total. The molecule has 0 radical (unpaired) electrons. The van der Waals surface area contributed by atoms with Crippen LogP contribution in [0.25, 0.3) is 0 Å². The Morgan fingerprint density at radius 3 is 2.29 bits per heavy atom. The highest BCUT2D eigenvalue weighted by molar-refractivity contribution is 7.92. The molecule has 0 heterocycles. The molecule has 0 aliphatic heterocycles. The summed E-state index contributed by atoms with van der Waals surface area (Å²) in [6.07, 6.45) is -0.0171. The predicted octanol–water partition coefficient (Wildman–Crippen LogP) is 1.64. The van der Waals surface area contributed by atoms with E-state index in [1.54, 1.807) is 0 Å². The van der Waals surface area contributed by atoms with E-state index in [-0.39, 0.29) is 39.2 Å². The maximum Gasteiger partial charge on any atom is 0.337 e. The van der Waals surface area contributed by atoms with Crippen molar-refractivity contribution in [2.45, 2.75) is 18.2 Å².